The van der Waals surface area contributed by atoms with Gasteiger partial charge in [0.15, 0.2) is 0 Å². The van der Waals surface area contributed by atoms with E-state index in [0.29, 0.717) is 16.3 Å². The molecule has 0 radical (unpaired) electrons. The van der Waals surface area contributed by atoms with E-state index in [1.807, 2.05) is 0 Å². The number of ketones is 2. The Morgan fingerprint density at radius 1 is 1.09 bits per heavy atom. The zero-order valence-electron chi connectivity index (χ0n) is 17.3. The van der Waals surface area contributed by atoms with Gasteiger partial charge in [-0.2, -0.15) is 13.2 Å². The van der Waals surface area contributed by atoms with Crippen molar-refractivity contribution in [3.63, 3.8) is 0 Å². The summed E-state index contributed by atoms with van der Waals surface area (Å²) < 4.78 is 40.6. The second-order valence-corrected chi connectivity index (χ2v) is 8.03. The van der Waals surface area contributed by atoms with E-state index < -0.39 is 18.2 Å². The number of carbonyl (C=O) groups excluding carboxylic acids is 2. The summed E-state index contributed by atoms with van der Waals surface area (Å²) in [6.07, 6.45) is -2.75. The SMILES string of the molecule is CC(=O)CCC(=O)Cc1cn(CCCC(F)(F)F)c2nc(-c3ccc(Cl)cc3)cn2c1=O. The number of fused-ring (bicyclic) bond motifs is 1. The van der Waals surface area contributed by atoms with Crippen LogP contribution in [0.5, 0.6) is 0 Å². The number of carbonyl (C=O) groups is 2. The van der Waals surface area contributed by atoms with E-state index in [4.69, 9.17) is 11.6 Å². The van der Waals surface area contributed by atoms with Crippen LogP contribution in [0.4, 0.5) is 13.2 Å². The van der Waals surface area contributed by atoms with Gasteiger partial charge in [0.25, 0.3) is 5.56 Å². The lowest BCUT2D eigenvalue weighted by Crippen LogP contribution is -2.24. The first-order valence-corrected chi connectivity index (χ1v) is 10.4. The number of Topliss-reactive ketones (excluding diaryl/α,β-unsaturated/α-hetero) is 2. The van der Waals surface area contributed by atoms with Crippen molar-refractivity contribution in [2.45, 2.75) is 51.7 Å². The maximum Gasteiger partial charge on any atom is 0.389 e. The van der Waals surface area contributed by atoms with Crippen LogP contribution in [0.1, 0.15) is 38.2 Å². The summed E-state index contributed by atoms with van der Waals surface area (Å²) in [7, 11) is 0. The number of halogens is 4. The molecule has 0 bridgehead atoms. The van der Waals surface area contributed by atoms with E-state index in [1.165, 1.54) is 28.3 Å². The third kappa shape index (κ3) is 6.06. The van der Waals surface area contributed by atoms with Crippen molar-refractivity contribution < 1.29 is 22.8 Å². The molecular weight excluding hydrogens is 447 g/mol. The van der Waals surface area contributed by atoms with Crippen molar-refractivity contribution in [3.05, 3.63) is 57.6 Å². The predicted molar refractivity (Wildman–Crippen MR) is 114 cm³/mol. The Morgan fingerprint density at radius 3 is 2.41 bits per heavy atom. The first-order valence-electron chi connectivity index (χ1n) is 9.99. The van der Waals surface area contributed by atoms with Crippen molar-refractivity contribution >= 4 is 28.9 Å². The molecule has 0 atom stereocenters. The number of imidazole rings is 1. The molecule has 170 valence electrons. The number of nitrogens with zero attached hydrogens (tertiary/aromatic N) is 3. The molecule has 2 heterocycles. The second kappa shape index (κ2) is 9.68. The van der Waals surface area contributed by atoms with Crippen LogP contribution >= 0.6 is 11.6 Å². The smallest absolute Gasteiger partial charge is 0.318 e. The summed E-state index contributed by atoms with van der Waals surface area (Å²) in [5.74, 6) is -0.251. The monoisotopic (exact) mass is 467 g/mol. The molecule has 0 aliphatic heterocycles. The number of rotatable bonds is 9. The molecule has 6 nitrogen and oxygen atoms in total. The van der Waals surface area contributed by atoms with E-state index in [2.05, 4.69) is 4.98 Å². The Morgan fingerprint density at radius 2 is 1.78 bits per heavy atom. The molecular formula is C22H21ClF3N3O3. The molecule has 10 heteroatoms. The maximum atomic E-state index is 13.0. The highest BCUT2D eigenvalue weighted by Gasteiger charge is 2.26. The largest absolute Gasteiger partial charge is 0.389 e. The summed E-state index contributed by atoms with van der Waals surface area (Å²) in [5, 5.41) is 0.524. The third-order valence-corrected chi connectivity index (χ3v) is 5.14. The van der Waals surface area contributed by atoms with E-state index in [9.17, 15) is 27.6 Å². The van der Waals surface area contributed by atoms with Crippen molar-refractivity contribution in [1.82, 2.24) is 14.0 Å². The van der Waals surface area contributed by atoms with E-state index in [1.54, 1.807) is 24.3 Å². The molecule has 0 aliphatic rings. The topological polar surface area (TPSA) is 73.4 Å². The molecule has 1 aromatic carbocycles. The van der Waals surface area contributed by atoms with Gasteiger partial charge < -0.3 is 9.36 Å². The van der Waals surface area contributed by atoms with Crippen LogP contribution in [-0.4, -0.2) is 31.7 Å². The Balaban J connectivity index is 2.00. The van der Waals surface area contributed by atoms with Crippen LogP contribution in [0.3, 0.4) is 0 Å². The average Bonchev–Trinajstić information content (AvgIpc) is 3.15. The molecule has 0 saturated heterocycles. The summed E-state index contributed by atoms with van der Waals surface area (Å²) in [6.45, 7) is 1.34. The van der Waals surface area contributed by atoms with Gasteiger partial charge >= 0.3 is 6.18 Å². The van der Waals surface area contributed by atoms with Crippen molar-refractivity contribution in [1.29, 1.82) is 0 Å². The van der Waals surface area contributed by atoms with Gasteiger partial charge in [-0.1, -0.05) is 23.7 Å². The zero-order valence-corrected chi connectivity index (χ0v) is 18.0. The number of hydrogen-bond acceptors (Lipinski definition) is 4. The van der Waals surface area contributed by atoms with Gasteiger partial charge in [-0.05, 0) is 25.5 Å². The molecule has 3 rings (SSSR count). The number of aryl methyl sites for hydroxylation is 1. The van der Waals surface area contributed by atoms with Crippen LogP contribution in [0, 0.1) is 0 Å². The molecule has 0 spiro atoms. The molecule has 2 aromatic heterocycles. The second-order valence-electron chi connectivity index (χ2n) is 7.59. The summed E-state index contributed by atoms with van der Waals surface area (Å²) in [4.78, 5) is 40.8. The summed E-state index contributed by atoms with van der Waals surface area (Å²) in [5.41, 5.74) is 0.788. The van der Waals surface area contributed by atoms with Crippen molar-refractivity contribution in [2.24, 2.45) is 0 Å². The van der Waals surface area contributed by atoms with Gasteiger partial charge in [0.1, 0.15) is 11.6 Å². The van der Waals surface area contributed by atoms with Crippen LogP contribution in [0.2, 0.25) is 5.02 Å². The van der Waals surface area contributed by atoms with Crippen LogP contribution < -0.4 is 5.56 Å². The average molecular weight is 468 g/mol. The minimum Gasteiger partial charge on any atom is -0.318 e. The number of alkyl halides is 3. The van der Waals surface area contributed by atoms with Gasteiger partial charge in [-0.25, -0.2) is 4.98 Å². The number of benzene rings is 1. The molecule has 0 saturated carbocycles. The van der Waals surface area contributed by atoms with Crippen LogP contribution in [0.25, 0.3) is 17.0 Å². The van der Waals surface area contributed by atoms with Gasteiger partial charge in [-0.15, -0.1) is 0 Å². The molecule has 0 N–H and O–H groups in total. The van der Waals surface area contributed by atoms with Crippen LogP contribution in [-0.2, 0) is 22.6 Å². The molecule has 0 fully saturated rings. The maximum absolute atomic E-state index is 13.0. The lowest BCUT2D eigenvalue weighted by molar-refractivity contribution is -0.135. The number of hydrogen-bond donors (Lipinski definition) is 0. The van der Waals surface area contributed by atoms with E-state index >= 15 is 0 Å². The fourth-order valence-corrected chi connectivity index (χ4v) is 3.42. The zero-order chi connectivity index (χ0) is 23.5. The Kier molecular flexibility index (Phi) is 7.18. The minimum absolute atomic E-state index is 0.000831. The lowest BCUT2D eigenvalue weighted by atomic mass is 10.1. The van der Waals surface area contributed by atoms with Gasteiger partial charge in [0.05, 0.1) is 5.69 Å². The molecule has 3 aromatic rings. The summed E-state index contributed by atoms with van der Waals surface area (Å²) >= 11 is 5.91. The molecule has 0 amide bonds. The molecule has 32 heavy (non-hydrogen) atoms. The normalized spacial score (nSPS) is 11.8. The first-order chi connectivity index (χ1) is 15.0. The van der Waals surface area contributed by atoms with Gasteiger partial charge in [0, 0.05) is 60.8 Å². The van der Waals surface area contributed by atoms with Gasteiger partial charge in [0.2, 0.25) is 5.78 Å². The highest BCUT2D eigenvalue weighted by molar-refractivity contribution is 6.30. The first kappa shape index (κ1) is 23.7. The van der Waals surface area contributed by atoms with Gasteiger partial charge in [-0.3, -0.25) is 14.0 Å². The third-order valence-electron chi connectivity index (χ3n) is 4.89. The molecule has 0 aliphatic carbocycles. The minimum atomic E-state index is -4.30. The van der Waals surface area contributed by atoms with Crippen molar-refractivity contribution in [2.75, 3.05) is 0 Å². The standard InChI is InChI=1S/C22H21ClF3N3O3/c1-14(30)3-8-18(31)11-16-12-28(10-2-9-22(24,25)26)21-27-19(13-29(21)20(16)32)15-4-6-17(23)7-5-15/h4-7,12-13H,2-3,8-11H2,1H3. The fraction of sp³-hybridized carbons (Fsp3) is 0.364. The van der Waals surface area contributed by atoms with E-state index in [0.717, 1.165) is 0 Å². The van der Waals surface area contributed by atoms with Crippen LogP contribution in [0.15, 0.2) is 41.5 Å². The van der Waals surface area contributed by atoms with Crippen molar-refractivity contribution in [3.8, 4) is 11.3 Å². The summed E-state index contributed by atoms with van der Waals surface area (Å²) in [6, 6.07) is 6.76. The van der Waals surface area contributed by atoms with E-state index in [-0.39, 0.29) is 55.1 Å². The fourth-order valence-electron chi connectivity index (χ4n) is 3.29. The Hall–Kier alpha value is -2.94. The molecule has 0 unspecified atom stereocenters. The highest BCUT2D eigenvalue weighted by atomic mass is 35.5. The Bertz CT molecular complexity index is 1200. The predicted octanol–water partition coefficient (Wildman–Crippen LogP) is 4.64. The lowest BCUT2D eigenvalue weighted by Gasteiger charge is -2.12. The highest BCUT2D eigenvalue weighted by Crippen LogP contribution is 2.23. The Labute approximate surface area is 186 Å². The quantitative estimate of drug-likeness (QED) is 0.459. The number of aromatic nitrogens is 3.